The molecule has 1 aromatic heterocycles. The molecule has 2 aliphatic heterocycles. The fourth-order valence-corrected chi connectivity index (χ4v) is 4.58. The highest BCUT2D eigenvalue weighted by Crippen LogP contribution is 2.32. The van der Waals surface area contributed by atoms with Crippen LogP contribution in [0.15, 0.2) is 16.8 Å². The van der Waals surface area contributed by atoms with E-state index in [9.17, 15) is 4.79 Å². The predicted molar refractivity (Wildman–Crippen MR) is 90.7 cm³/mol. The van der Waals surface area contributed by atoms with Gasteiger partial charge in [0.1, 0.15) is 0 Å². The number of carbonyl (C=O) groups is 1. The summed E-state index contributed by atoms with van der Waals surface area (Å²) in [6.45, 7) is 4.39. The Morgan fingerprint density at radius 1 is 1.39 bits per heavy atom. The highest BCUT2D eigenvalue weighted by molar-refractivity contribution is 7.07. The van der Waals surface area contributed by atoms with Crippen LogP contribution in [0.1, 0.15) is 12.0 Å². The van der Waals surface area contributed by atoms with Gasteiger partial charge in [0.25, 0.3) is 0 Å². The number of nitrogens with zero attached hydrogens (tertiary/aromatic N) is 2. The lowest BCUT2D eigenvalue weighted by atomic mass is 9.88. The molecule has 0 saturated carbocycles. The van der Waals surface area contributed by atoms with Crippen LogP contribution >= 0.6 is 11.3 Å². The zero-order valence-corrected chi connectivity index (χ0v) is 14.8. The van der Waals surface area contributed by atoms with Crippen LogP contribution in [-0.2, 0) is 20.7 Å². The van der Waals surface area contributed by atoms with E-state index in [1.807, 2.05) is 11.4 Å². The molecule has 23 heavy (non-hydrogen) atoms. The van der Waals surface area contributed by atoms with Crippen LogP contribution in [0.2, 0.25) is 0 Å². The molecule has 0 aromatic carbocycles. The summed E-state index contributed by atoms with van der Waals surface area (Å²) in [7, 11) is 3.53. The van der Waals surface area contributed by atoms with Crippen molar-refractivity contribution in [3.63, 3.8) is 0 Å². The third-order valence-electron chi connectivity index (χ3n) is 5.11. The topological polar surface area (TPSA) is 42.0 Å². The van der Waals surface area contributed by atoms with Gasteiger partial charge in [-0.15, -0.1) is 0 Å². The normalized spacial score (nSPS) is 28.1. The summed E-state index contributed by atoms with van der Waals surface area (Å²) in [6.07, 6.45) is 1.71. The number of carbonyl (C=O) groups excluding carboxylic acids is 1. The summed E-state index contributed by atoms with van der Waals surface area (Å²) in [5, 5.41) is 4.10. The molecule has 3 rings (SSSR count). The number of hydrogen-bond acceptors (Lipinski definition) is 5. The molecule has 1 aromatic rings. The van der Waals surface area contributed by atoms with E-state index in [2.05, 4.69) is 15.2 Å². The van der Waals surface area contributed by atoms with Crippen molar-refractivity contribution in [2.45, 2.75) is 25.0 Å². The molecular formula is C17H26N2O3S. The number of rotatable bonds is 6. The zero-order chi connectivity index (χ0) is 16.2. The molecule has 2 fully saturated rings. The monoisotopic (exact) mass is 338 g/mol. The van der Waals surface area contributed by atoms with E-state index in [1.54, 1.807) is 25.6 Å². The van der Waals surface area contributed by atoms with Crippen LogP contribution in [-0.4, -0.2) is 74.9 Å². The van der Waals surface area contributed by atoms with Crippen LogP contribution < -0.4 is 0 Å². The molecule has 3 atom stereocenters. The maximum Gasteiger partial charge on any atom is 0.227 e. The van der Waals surface area contributed by atoms with E-state index in [1.165, 1.54) is 0 Å². The standard InChI is InChI=1S/C17H26N2O3S/c1-21-7-6-18-10-14-15(11-18)19(5-3-16(14)22-2)17(20)9-13-4-8-23-12-13/h4,8,12,14-16H,3,5-7,9-11H2,1-2H3/t14-,15+,16+/m0/s1. The third kappa shape index (κ3) is 3.76. The van der Waals surface area contributed by atoms with Crippen molar-refractivity contribution in [3.05, 3.63) is 22.4 Å². The van der Waals surface area contributed by atoms with Gasteiger partial charge in [0.15, 0.2) is 0 Å². The van der Waals surface area contributed by atoms with Crippen LogP contribution in [0.4, 0.5) is 0 Å². The minimum absolute atomic E-state index is 0.251. The minimum Gasteiger partial charge on any atom is -0.383 e. The summed E-state index contributed by atoms with van der Waals surface area (Å²) in [5.41, 5.74) is 1.12. The van der Waals surface area contributed by atoms with E-state index in [-0.39, 0.29) is 18.1 Å². The largest absolute Gasteiger partial charge is 0.383 e. The van der Waals surface area contributed by atoms with Crippen LogP contribution in [0.5, 0.6) is 0 Å². The Balaban J connectivity index is 1.67. The number of piperidine rings is 1. The second kappa shape index (κ2) is 7.75. The van der Waals surface area contributed by atoms with Gasteiger partial charge in [-0.2, -0.15) is 11.3 Å². The average molecular weight is 338 g/mol. The summed E-state index contributed by atoms with van der Waals surface area (Å²) in [5.74, 6) is 0.665. The smallest absolute Gasteiger partial charge is 0.227 e. The lowest BCUT2D eigenvalue weighted by Gasteiger charge is -2.41. The second-order valence-corrected chi connectivity index (χ2v) is 7.22. The first kappa shape index (κ1) is 16.9. The molecule has 3 heterocycles. The van der Waals surface area contributed by atoms with Gasteiger partial charge in [-0.1, -0.05) is 0 Å². The highest BCUT2D eigenvalue weighted by atomic mass is 32.1. The van der Waals surface area contributed by atoms with Gasteiger partial charge in [0, 0.05) is 46.3 Å². The number of likely N-dealkylation sites (tertiary alicyclic amines) is 2. The van der Waals surface area contributed by atoms with Gasteiger partial charge < -0.3 is 14.4 Å². The number of methoxy groups -OCH3 is 2. The quantitative estimate of drug-likeness (QED) is 0.788. The van der Waals surface area contributed by atoms with Gasteiger partial charge >= 0.3 is 0 Å². The van der Waals surface area contributed by atoms with Crippen LogP contribution in [0.3, 0.4) is 0 Å². The maximum atomic E-state index is 12.8. The number of amides is 1. The van der Waals surface area contributed by atoms with Crippen LogP contribution in [0, 0.1) is 5.92 Å². The van der Waals surface area contributed by atoms with E-state index < -0.39 is 0 Å². The molecule has 2 aliphatic rings. The van der Waals surface area contributed by atoms with Crippen molar-refractivity contribution in [1.82, 2.24) is 9.80 Å². The molecule has 5 nitrogen and oxygen atoms in total. The van der Waals surface area contributed by atoms with E-state index in [0.717, 1.165) is 44.8 Å². The van der Waals surface area contributed by atoms with Gasteiger partial charge in [0.2, 0.25) is 5.91 Å². The Morgan fingerprint density at radius 3 is 2.96 bits per heavy atom. The number of hydrogen-bond donors (Lipinski definition) is 0. The number of fused-ring (bicyclic) bond motifs is 1. The molecule has 1 amide bonds. The fourth-order valence-electron chi connectivity index (χ4n) is 3.91. The first-order valence-electron chi connectivity index (χ1n) is 8.27. The van der Waals surface area contributed by atoms with Gasteiger partial charge in [-0.3, -0.25) is 9.69 Å². The Bertz CT molecular complexity index is 508. The Labute approximate surface area is 142 Å². The summed E-state index contributed by atoms with van der Waals surface area (Å²) in [6, 6.07) is 2.32. The van der Waals surface area contributed by atoms with Gasteiger partial charge in [0.05, 0.1) is 25.2 Å². The Kier molecular flexibility index (Phi) is 5.69. The fraction of sp³-hybridized carbons (Fsp3) is 0.706. The van der Waals surface area contributed by atoms with Crippen molar-refractivity contribution < 1.29 is 14.3 Å². The van der Waals surface area contributed by atoms with Gasteiger partial charge in [-0.25, -0.2) is 0 Å². The minimum atomic E-state index is 0.251. The van der Waals surface area contributed by atoms with Crippen molar-refractivity contribution in [2.75, 3.05) is 47.0 Å². The first-order valence-corrected chi connectivity index (χ1v) is 9.22. The van der Waals surface area contributed by atoms with Crippen molar-refractivity contribution in [3.8, 4) is 0 Å². The molecule has 0 bridgehead atoms. The van der Waals surface area contributed by atoms with E-state index in [0.29, 0.717) is 12.3 Å². The zero-order valence-electron chi connectivity index (χ0n) is 13.9. The molecule has 6 heteroatoms. The van der Waals surface area contributed by atoms with Crippen molar-refractivity contribution >= 4 is 17.2 Å². The molecule has 0 N–H and O–H groups in total. The Morgan fingerprint density at radius 2 is 2.26 bits per heavy atom. The average Bonchev–Trinajstić information content (AvgIpc) is 3.20. The van der Waals surface area contributed by atoms with Crippen molar-refractivity contribution in [1.29, 1.82) is 0 Å². The summed E-state index contributed by atoms with van der Waals surface area (Å²) < 4.78 is 10.9. The lowest BCUT2D eigenvalue weighted by molar-refractivity contribution is -0.138. The molecule has 0 radical (unpaired) electrons. The summed E-state index contributed by atoms with van der Waals surface area (Å²) >= 11 is 1.65. The highest BCUT2D eigenvalue weighted by Gasteiger charge is 2.45. The molecular weight excluding hydrogens is 312 g/mol. The summed E-state index contributed by atoms with van der Waals surface area (Å²) in [4.78, 5) is 17.3. The van der Waals surface area contributed by atoms with Gasteiger partial charge in [-0.05, 0) is 28.8 Å². The first-order chi connectivity index (χ1) is 11.2. The number of thiophene rings is 1. The predicted octanol–water partition coefficient (Wildman–Crippen LogP) is 1.48. The van der Waals surface area contributed by atoms with E-state index in [4.69, 9.17) is 9.47 Å². The molecule has 128 valence electrons. The molecule has 0 aliphatic carbocycles. The van der Waals surface area contributed by atoms with Crippen molar-refractivity contribution in [2.24, 2.45) is 5.92 Å². The second-order valence-electron chi connectivity index (χ2n) is 6.44. The lowest BCUT2D eigenvalue weighted by Crippen LogP contribution is -2.54. The van der Waals surface area contributed by atoms with Crippen LogP contribution in [0.25, 0.3) is 0 Å². The Hall–Kier alpha value is -0.950. The SMILES string of the molecule is COCCN1C[C@H]2[C@@H](C1)N(C(=O)Cc1ccsc1)CC[C@H]2OC. The third-order valence-corrected chi connectivity index (χ3v) is 5.84. The molecule has 0 spiro atoms. The molecule has 0 unspecified atom stereocenters. The number of ether oxygens (including phenoxy) is 2. The maximum absolute atomic E-state index is 12.8. The van der Waals surface area contributed by atoms with E-state index >= 15 is 0 Å². The molecule has 2 saturated heterocycles.